The SMILES string of the molecule is CCNCc1csc(-c2ccncc2CC)n1. The molecule has 90 valence electrons. The summed E-state index contributed by atoms with van der Waals surface area (Å²) in [5.41, 5.74) is 3.60. The van der Waals surface area contributed by atoms with Crippen LogP contribution in [0.4, 0.5) is 0 Å². The number of hydrogen-bond acceptors (Lipinski definition) is 4. The highest BCUT2D eigenvalue weighted by Gasteiger charge is 2.08. The van der Waals surface area contributed by atoms with E-state index in [1.807, 2.05) is 12.4 Å². The van der Waals surface area contributed by atoms with Gasteiger partial charge in [-0.3, -0.25) is 4.98 Å². The molecule has 0 aliphatic heterocycles. The molecule has 0 saturated heterocycles. The zero-order chi connectivity index (χ0) is 12.1. The monoisotopic (exact) mass is 247 g/mol. The Morgan fingerprint density at radius 1 is 1.35 bits per heavy atom. The molecule has 0 unspecified atom stereocenters. The van der Waals surface area contributed by atoms with Gasteiger partial charge in [0.1, 0.15) is 5.01 Å². The van der Waals surface area contributed by atoms with Crippen LogP contribution in [0.25, 0.3) is 10.6 Å². The maximum atomic E-state index is 4.65. The van der Waals surface area contributed by atoms with Gasteiger partial charge in [0.05, 0.1) is 5.69 Å². The lowest BCUT2D eigenvalue weighted by Crippen LogP contribution is -2.11. The summed E-state index contributed by atoms with van der Waals surface area (Å²) in [6.07, 6.45) is 4.76. The van der Waals surface area contributed by atoms with Crippen molar-refractivity contribution >= 4 is 11.3 Å². The minimum atomic E-state index is 0.847. The maximum Gasteiger partial charge on any atom is 0.124 e. The molecule has 0 aliphatic carbocycles. The van der Waals surface area contributed by atoms with Crippen LogP contribution in [0.5, 0.6) is 0 Å². The summed E-state index contributed by atoms with van der Waals surface area (Å²) in [4.78, 5) is 8.82. The Morgan fingerprint density at radius 2 is 2.24 bits per heavy atom. The van der Waals surface area contributed by atoms with E-state index in [1.54, 1.807) is 11.3 Å². The second-order valence-corrected chi connectivity index (χ2v) is 4.67. The zero-order valence-electron chi connectivity index (χ0n) is 10.2. The Hall–Kier alpha value is -1.26. The molecule has 0 aromatic carbocycles. The van der Waals surface area contributed by atoms with Crippen LogP contribution in [0.3, 0.4) is 0 Å². The van der Waals surface area contributed by atoms with Crippen molar-refractivity contribution in [3.63, 3.8) is 0 Å². The lowest BCUT2D eigenvalue weighted by molar-refractivity contribution is 0.715. The number of aryl methyl sites for hydroxylation is 1. The summed E-state index contributed by atoms with van der Waals surface area (Å²) >= 11 is 1.70. The molecule has 0 bridgehead atoms. The molecule has 4 heteroatoms. The van der Waals surface area contributed by atoms with Gasteiger partial charge in [0.15, 0.2) is 0 Å². The fourth-order valence-corrected chi connectivity index (χ4v) is 2.56. The third kappa shape index (κ3) is 2.90. The van der Waals surface area contributed by atoms with Crippen molar-refractivity contribution in [2.45, 2.75) is 26.8 Å². The van der Waals surface area contributed by atoms with E-state index in [0.29, 0.717) is 0 Å². The fourth-order valence-electron chi connectivity index (χ4n) is 1.68. The van der Waals surface area contributed by atoms with Crippen molar-refractivity contribution < 1.29 is 0 Å². The van der Waals surface area contributed by atoms with Crippen LogP contribution in [0.2, 0.25) is 0 Å². The van der Waals surface area contributed by atoms with Crippen molar-refractivity contribution in [2.75, 3.05) is 6.54 Å². The van der Waals surface area contributed by atoms with E-state index < -0.39 is 0 Å². The fraction of sp³-hybridized carbons (Fsp3) is 0.385. The van der Waals surface area contributed by atoms with Gasteiger partial charge in [-0.15, -0.1) is 11.3 Å². The molecule has 2 heterocycles. The largest absolute Gasteiger partial charge is 0.311 e. The van der Waals surface area contributed by atoms with E-state index in [0.717, 1.165) is 30.2 Å². The molecule has 0 radical (unpaired) electrons. The van der Waals surface area contributed by atoms with Gasteiger partial charge < -0.3 is 5.32 Å². The van der Waals surface area contributed by atoms with Gasteiger partial charge in [0, 0.05) is 29.9 Å². The lowest BCUT2D eigenvalue weighted by atomic mass is 10.1. The van der Waals surface area contributed by atoms with Gasteiger partial charge in [-0.1, -0.05) is 13.8 Å². The van der Waals surface area contributed by atoms with Crippen molar-refractivity contribution in [3.05, 3.63) is 35.1 Å². The second kappa shape index (κ2) is 5.89. The molecule has 0 atom stereocenters. The second-order valence-electron chi connectivity index (χ2n) is 3.81. The van der Waals surface area contributed by atoms with E-state index in [1.165, 1.54) is 11.1 Å². The average molecular weight is 247 g/mol. The molecular formula is C13H17N3S. The quantitative estimate of drug-likeness (QED) is 0.883. The summed E-state index contributed by atoms with van der Waals surface area (Å²) in [6.45, 7) is 6.07. The van der Waals surface area contributed by atoms with Gasteiger partial charge in [-0.2, -0.15) is 0 Å². The molecule has 3 nitrogen and oxygen atoms in total. The number of rotatable bonds is 5. The molecule has 0 aliphatic rings. The molecule has 0 amide bonds. The molecule has 0 fully saturated rings. The van der Waals surface area contributed by atoms with E-state index >= 15 is 0 Å². The smallest absolute Gasteiger partial charge is 0.124 e. The van der Waals surface area contributed by atoms with E-state index in [2.05, 4.69) is 40.6 Å². The summed E-state index contributed by atoms with van der Waals surface area (Å²) in [5.74, 6) is 0. The maximum absolute atomic E-state index is 4.65. The van der Waals surface area contributed by atoms with Crippen molar-refractivity contribution in [1.82, 2.24) is 15.3 Å². The summed E-state index contributed by atoms with van der Waals surface area (Å²) in [5, 5.41) is 6.51. The van der Waals surface area contributed by atoms with Gasteiger partial charge in [-0.25, -0.2) is 4.98 Å². The Morgan fingerprint density at radius 3 is 3.00 bits per heavy atom. The molecule has 0 spiro atoms. The van der Waals surface area contributed by atoms with E-state index in [4.69, 9.17) is 0 Å². The minimum Gasteiger partial charge on any atom is -0.311 e. The van der Waals surface area contributed by atoms with Crippen LogP contribution >= 0.6 is 11.3 Å². The number of aromatic nitrogens is 2. The van der Waals surface area contributed by atoms with Crippen molar-refractivity contribution in [1.29, 1.82) is 0 Å². The number of nitrogens with one attached hydrogen (secondary N) is 1. The molecule has 17 heavy (non-hydrogen) atoms. The summed E-state index contributed by atoms with van der Waals surface area (Å²) < 4.78 is 0. The van der Waals surface area contributed by atoms with Crippen LogP contribution in [0.15, 0.2) is 23.8 Å². The third-order valence-corrected chi connectivity index (χ3v) is 3.55. The van der Waals surface area contributed by atoms with Gasteiger partial charge >= 0.3 is 0 Å². The molecule has 0 saturated carbocycles. The predicted molar refractivity (Wildman–Crippen MR) is 72.1 cm³/mol. The van der Waals surface area contributed by atoms with Gasteiger partial charge in [-0.05, 0) is 24.6 Å². The first kappa shape index (κ1) is 12.2. The number of pyridine rings is 1. The predicted octanol–water partition coefficient (Wildman–Crippen LogP) is 2.88. The van der Waals surface area contributed by atoms with E-state index in [-0.39, 0.29) is 0 Å². The molecule has 2 rings (SSSR count). The minimum absolute atomic E-state index is 0.847. The Bertz CT molecular complexity index is 479. The first-order valence-corrected chi connectivity index (χ1v) is 6.81. The van der Waals surface area contributed by atoms with Crippen LogP contribution in [-0.2, 0) is 13.0 Å². The van der Waals surface area contributed by atoms with Crippen molar-refractivity contribution in [2.24, 2.45) is 0 Å². The van der Waals surface area contributed by atoms with Crippen LogP contribution < -0.4 is 5.32 Å². The van der Waals surface area contributed by atoms with Crippen molar-refractivity contribution in [3.8, 4) is 10.6 Å². The molecular weight excluding hydrogens is 230 g/mol. The first-order chi connectivity index (χ1) is 8.35. The van der Waals surface area contributed by atoms with Gasteiger partial charge in [0.25, 0.3) is 0 Å². The lowest BCUT2D eigenvalue weighted by Gasteiger charge is -2.02. The summed E-state index contributed by atoms with van der Waals surface area (Å²) in [6, 6.07) is 2.05. The third-order valence-electron chi connectivity index (χ3n) is 2.62. The molecule has 1 N–H and O–H groups in total. The number of hydrogen-bond donors (Lipinski definition) is 1. The Labute approximate surface area is 106 Å². The normalized spacial score (nSPS) is 10.7. The standard InChI is InChI=1S/C13H17N3S/c1-3-10-7-15-6-5-12(10)13-16-11(9-17-13)8-14-4-2/h5-7,9,14H,3-4,8H2,1-2H3. The topological polar surface area (TPSA) is 37.8 Å². The zero-order valence-corrected chi connectivity index (χ0v) is 11.0. The highest BCUT2D eigenvalue weighted by Crippen LogP contribution is 2.26. The number of thiazole rings is 1. The summed E-state index contributed by atoms with van der Waals surface area (Å²) in [7, 11) is 0. The van der Waals surface area contributed by atoms with Crippen LogP contribution in [0, 0.1) is 0 Å². The Kier molecular flexibility index (Phi) is 4.23. The molecule has 2 aromatic rings. The van der Waals surface area contributed by atoms with Crippen LogP contribution in [-0.4, -0.2) is 16.5 Å². The van der Waals surface area contributed by atoms with Gasteiger partial charge in [0.2, 0.25) is 0 Å². The first-order valence-electron chi connectivity index (χ1n) is 5.93. The highest BCUT2D eigenvalue weighted by atomic mass is 32.1. The number of nitrogens with zero attached hydrogens (tertiary/aromatic N) is 2. The molecule has 2 aromatic heterocycles. The highest BCUT2D eigenvalue weighted by molar-refractivity contribution is 7.13. The van der Waals surface area contributed by atoms with Crippen LogP contribution in [0.1, 0.15) is 25.1 Å². The average Bonchev–Trinajstić information content (AvgIpc) is 2.85. The Balaban J connectivity index is 2.24. The van der Waals surface area contributed by atoms with E-state index in [9.17, 15) is 0 Å².